The Bertz CT molecular complexity index is 747. The Morgan fingerprint density at radius 3 is 2.75 bits per heavy atom. The first kappa shape index (κ1) is 12.4. The molecule has 0 spiro atoms. The van der Waals surface area contributed by atoms with Gasteiger partial charge in [0.2, 0.25) is 0 Å². The van der Waals surface area contributed by atoms with Gasteiger partial charge in [0.1, 0.15) is 5.69 Å². The maximum absolute atomic E-state index is 12.5. The molecule has 0 radical (unpaired) electrons. The lowest BCUT2D eigenvalue weighted by Crippen LogP contribution is -2.38. The SMILES string of the molecule is O=C(c1cc(=O)[nH]c(=O)[nH]1)N1CCCc2ccccc21. The third-order valence-electron chi connectivity index (χ3n) is 3.35. The third kappa shape index (κ3) is 2.16. The van der Waals surface area contributed by atoms with E-state index in [1.165, 1.54) is 0 Å². The fourth-order valence-electron chi connectivity index (χ4n) is 2.47. The van der Waals surface area contributed by atoms with Crippen LogP contribution in [0.25, 0.3) is 0 Å². The number of carbonyl (C=O) groups excluding carboxylic acids is 1. The number of fused-ring (bicyclic) bond motifs is 1. The van der Waals surface area contributed by atoms with Crippen molar-refractivity contribution in [1.29, 1.82) is 0 Å². The standard InChI is InChI=1S/C14H13N3O3/c18-12-8-10(15-14(20)16-12)13(19)17-7-3-5-9-4-1-2-6-11(9)17/h1-2,4,6,8H,3,5,7H2,(H2,15,16,18,20). The molecule has 1 aliphatic rings. The van der Waals surface area contributed by atoms with Gasteiger partial charge >= 0.3 is 5.69 Å². The van der Waals surface area contributed by atoms with Crippen LogP contribution in [0.2, 0.25) is 0 Å². The lowest BCUT2D eigenvalue weighted by atomic mass is 10.0. The van der Waals surface area contributed by atoms with Crippen molar-refractivity contribution < 1.29 is 4.79 Å². The molecule has 0 unspecified atom stereocenters. The highest BCUT2D eigenvalue weighted by molar-refractivity contribution is 6.05. The van der Waals surface area contributed by atoms with Crippen LogP contribution in [0, 0.1) is 0 Å². The number of carbonyl (C=O) groups is 1. The normalized spacial score (nSPS) is 13.9. The summed E-state index contributed by atoms with van der Waals surface area (Å²) < 4.78 is 0. The zero-order chi connectivity index (χ0) is 14.1. The number of benzene rings is 1. The van der Waals surface area contributed by atoms with Crippen LogP contribution in [-0.4, -0.2) is 22.4 Å². The lowest BCUT2D eigenvalue weighted by Gasteiger charge is -2.29. The van der Waals surface area contributed by atoms with Gasteiger partial charge in [0.15, 0.2) is 0 Å². The van der Waals surface area contributed by atoms with Crippen LogP contribution >= 0.6 is 0 Å². The molecular formula is C14H13N3O3. The van der Waals surface area contributed by atoms with E-state index in [0.717, 1.165) is 30.2 Å². The van der Waals surface area contributed by atoms with Gasteiger partial charge in [0, 0.05) is 18.3 Å². The summed E-state index contributed by atoms with van der Waals surface area (Å²) in [5, 5.41) is 0. The van der Waals surface area contributed by atoms with Crippen molar-refractivity contribution in [2.24, 2.45) is 0 Å². The summed E-state index contributed by atoms with van der Waals surface area (Å²) in [6.07, 6.45) is 1.78. The molecule has 0 saturated heterocycles. The predicted molar refractivity (Wildman–Crippen MR) is 74.1 cm³/mol. The molecule has 3 rings (SSSR count). The highest BCUT2D eigenvalue weighted by atomic mass is 16.2. The van der Waals surface area contributed by atoms with E-state index >= 15 is 0 Å². The molecule has 2 N–H and O–H groups in total. The molecule has 2 heterocycles. The zero-order valence-corrected chi connectivity index (χ0v) is 10.7. The Hall–Kier alpha value is -2.63. The minimum atomic E-state index is -0.675. The first-order valence-corrected chi connectivity index (χ1v) is 6.38. The Balaban J connectivity index is 2.04. The van der Waals surface area contributed by atoms with Crippen LogP contribution in [0.3, 0.4) is 0 Å². The van der Waals surface area contributed by atoms with Crippen molar-refractivity contribution in [3.8, 4) is 0 Å². The number of nitrogens with zero attached hydrogens (tertiary/aromatic N) is 1. The summed E-state index contributed by atoms with van der Waals surface area (Å²) in [5.41, 5.74) is 0.688. The Labute approximate surface area is 114 Å². The van der Waals surface area contributed by atoms with Crippen LogP contribution in [0.5, 0.6) is 0 Å². The number of anilines is 1. The molecule has 6 heteroatoms. The van der Waals surface area contributed by atoms with E-state index in [2.05, 4.69) is 9.97 Å². The first-order valence-electron chi connectivity index (χ1n) is 6.38. The maximum atomic E-state index is 12.5. The number of aromatic amines is 2. The second-order valence-electron chi connectivity index (χ2n) is 4.69. The van der Waals surface area contributed by atoms with Gasteiger partial charge in [-0.3, -0.25) is 14.6 Å². The Morgan fingerprint density at radius 1 is 1.15 bits per heavy atom. The van der Waals surface area contributed by atoms with E-state index in [1.54, 1.807) is 4.90 Å². The molecule has 1 amide bonds. The van der Waals surface area contributed by atoms with E-state index in [9.17, 15) is 14.4 Å². The molecule has 0 aliphatic carbocycles. The van der Waals surface area contributed by atoms with E-state index in [0.29, 0.717) is 6.54 Å². The van der Waals surface area contributed by atoms with Crippen LogP contribution in [0.15, 0.2) is 39.9 Å². The van der Waals surface area contributed by atoms with E-state index in [-0.39, 0.29) is 11.6 Å². The second kappa shape index (κ2) is 4.80. The fourth-order valence-corrected chi connectivity index (χ4v) is 2.47. The van der Waals surface area contributed by atoms with Gasteiger partial charge in [-0.1, -0.05) is 18.2 Å². The van der Waals surface area contributed by atoms with Crippen LogP contribution in [0.4, 0.5) is 5.69 Å². The highest BCUT2D eigenvalue weighted by Gasteiger charge is 2.24. The quantitative estimate of drug-likeness (QED) is 0.798. The van der Waals surface area contributed by atoms with Crippen molar-refractivity contribution in [2.75, 3.05) is 11.4 Å². The summed E-state index contributed by atoms with van der Waals surface area (Å²) in [7, 11) is 0. The van der Waals surface area contributed by atoms with E-state index in [1.807, 2.05) is 24.3 Å². The van der Waals surface area contributed by atoms with Gasteiger partial charge in [-0.15, -0.1) is 0 Å². The lowest BCUT2D eigenvalue weighted by molar-refractivity contribution is 0.0979. The molecule has 102 valence electrons. The number of H-pyrrole nitrogens is 2. The minimum absolute atomic E-state index is 0.00968. The predicted octanol–water partition coefficient (Wildman–Crippen LogP) is 0.656. The molecule has 0 bridgehead atoms. The summed E-state index contributed by atoms with van der Waals surface area (Å²) in [6, 6.07) is 8.76. The molecule has 6 nitrogen and oxygen atoms in total. The number of rotatable bonds is 1. The molecule has 1 aromatic heterocycles. The Morgan fingerprint density at radius 2 is 1.95 bits per heavy atom. The molecule has 2 aromatic rings. The van der Waals surface area contributed by atoms with Crippen molar-refractivity contribution in [2.45, 2.75) is 12.8 Å². The molecule has 1 aromatic carbocycles. The van der Waals surface area contributed by atoms with Crippen molar-refractivity contribution in [1.82, 2.24) is 9.97 Å². The second-order valence-corrected chi connectivity index (χ2v) is 4.69. The number of hydrogen-bond donors (Lipinski definition) is 2. The van der Waals surface area contributed by atoms with Gasteiger partial charge in [0.05, 0.1) is 0 Å². The van der Waals surface area contributed by atoms with Crippen molar-refractivity contribution in [3.05, 3.63) is 62.4 Å². The number of hydrogen-bond acceptors (Lipinski definition) is 3. The minimum Gasteiger partial charge on any atom is -0.307 e. The summed E-state index contributed by atoms with van der Waals surface area (Å²) in [6.45, 7) is 0.574. The smallest absolute Gasteiger partial charge is 0.307 e. The zero-order valence-electron chi connectivity index (χ0n) is 10.7. The van der Waals surface area contributed by atoms with Gasteiger partial charge in [-0.2, -0.15) is 0 Å². The topological polar surface area (TPSA) is 86.0 Å². The first-order chi connectivity index (χ1) is 9.65. The van der Waals surface area contributed by atoms with Gasteiger partial charge < -0.3 is 9.88 Å². The van der Waals surface area contributed by atoms with E-state index in [4.69, 9.17) is 0 Å². The number of amides is 1. The third-order valence-corrected chi connectivity index (χ3v) is 3.35. The molecule has 20 heavy (non-hydrogen) atoms. The molecule has 0 saturated carbocycles. The average Bonchev–Trinajstić information content (AvgIpc) is 2.45. The average molecular weight is 271 g/mol. The molecular weight excluding hydrogens is 258 g/mol. The highest BCUT2D eigenvalue weighted by Crippen LogP contribution is 2.27. The molecule has 0 atom stereocenters. The van der Waals surface area contributed by atoms with Crippen LogP contribution in [0.1, 0.15) is 22.5 Å². The van der Waals surface area contributed by atoms with Crippen molar-refractivity contribution >= 4 is 11.6 Å². The summed E-state index contributed by atoms with van der Waals surface area (Å²) in [5.74, 6) is -0.361. The largest absolute Gasteiger partial charge is 0.326 e. The monoisotopic (exact) mass is 271 g/mol. The van der Waals surface area contributed by atoms with Crippen LogP contribution < -0.4 is 16.1 Å². The summed E-state index contributed by atoms with van der Waals surface area (Å²) in [4.78, 5) is 41.1. The van der Waals surface area contributed by atoms with Crippen molar-refractivity contribution in [3.63, 3.8) is 0 Å². The van der Waals surface area contributed by atoms with Crippen LogP contribution in [-0.2, 0) is 6.42 Å². The van der Waals surface area contributed by atoms with Gasteiger partial charge in [0.25, 0.3) is 11.5 Å². The number of nitrogens with one attached hydrogen (secondary N) is 2. The number of para-hydroxylation sites is 1. The van der Waals surface area contributed by atoms with Gasteiger partial charge in [-0.05, 0) is 24.5 Å². The maximum Gasteiger partial charge on any atom is 0.326 e. The van der Waals surface area contributed by atoms with Gasteiger partial charge in [-0.25, -0.2) is 4.79 Å². The summed E-state index contributed by atoms with van der Waals surface area (Å²) >= 11 is 0. The molecule has 1 aliphatic heterocycles. The number of aryl methyl sites for hydroxylation is 1. The Kier molecular flexibility index (Phi) is 2.98. The number of aromatic nitrogens is 2. The molecule has 0 fully saturated rings. The van der Waals surface area contributed by atoms with E-state index < -0.39 is 11.2 Å². The fraction of sp³-hybridized carbons (Fsp3) is 0.214.